The maximum Gasteiger partial charge on any atom is 0.279 e. The summed E-state index contributed by atoms with van der Waals surface area (Å²) in [5.74, 6) is 0.604. The van der Waals surface area contributed by atoms with Gasteiger partial charge >= 0.3 is 0 Å². The highest BCUT2D eigenvalue weighted by Gasteiger charge is 2.37. The molecule has 2 rings (SSSR count). The van der Waals surface area contributed by atoms with Gasteiger partial charge in [0.2, 0.25) is 0 Å². The van der Waals surface area contributed by atoms with Crippen molar-refractivity contribution in [3.63, 3.8) is 0 Å². The van der Waals surface area contributed by atoms with Crippen LogP contribution in [-0.2, 0) is 10.2 Å². The zero-order valence-corrected chi connectivity index (χ0v) is 14.5. The molecule has 0 spiro atoms. The molecule has 1 aliphatic carbocycles. The van der Waals surface area contributed by atoms with Crippen molar-refractivity contribution >= 4 is 10.2 Å². The maximum atomic E-state index is 12.6. The third-order valence-corrected chi connectivity index (χ3v) is 6.83. The monoisotopic (exact) mass is 317 g/mol. The summed E-state index contributed by atoms with van der Waals surface area (Å²) in [5.41, 5.74) is 0.0653. The minimum absolute atomic E-state index is 0.0653. The minimum Gasteiger partial charge on any atom is -0.319 e. The van der Waals surface area contributed by atoms with E-state index in [1.165, 1.54) is 6.42 Å². The molecule has 21 heavy (non-hydrogen) atoms. The average molecular weight is 317 g/mol. The van der Waals surface area contributed by atoms with Crippen LogP contribution in [-0.4, -0.2) is 45.4 Å². The van der Waals surface area contributed by atoms with E-state index in [2.05, 4.69) is 23.9 Å². The second-order valence-corrected chi connectivity index (χ2v) is 9.01. The van der Waals surface area contributed by atoms with Gasteiger partial charge in [-0.1, -0.05) is 26.7 Å². The lowest BCUT2D eigenvalue weighted by molar-refractivity contribution is 0.183. The van der Waals surface area contributed by atoms with Crippen molar-refractivity contribution < 1.29 is 8.42 Å². The lowest BCUT2D eigenvalue weighted by atomic mass is 9.74. The van der Waals surface area contributed by atoms with Crippen molar-refractivity contribution in [1.29, 1.82) is 0 Å². The van der Waals surface area contributed by atoms with E-state index < -0.39 is 10.2 Å². The van der Waals surface area contributed by atoms with Crippen LogP contribution in [0.1, 0.15) is 52.4 Å². The van der Waals surface area contributed by atoms with E-state index >= 15 is 0 Å². The summed E-state index contributed by atoms with van der Waals surface area (Å²) in [6.45, 7) is 6.64. The summed E-state index contributed by atoms with van der Waals surface area (Å²) in [4.78, 5) is 0. The fourth-order valence-corrected chi connectivity index (χ4v) is 5.25. The van der Waals surface area contributed by atoms with Gasteiger partial charge in [0.15, 0.2) is 0 Å². The molecular formula is C15H31N3O2S. The Bertz CT molecular complexity index is 428. The molecule has 0 aromatic carbocycles. The highest BCUT2D eigenvalue weighted by Crippen LogP contribution is 2.36. The lowest BCUT2D eigenvalue weighted by Crippen LogP contribution is -2.53. The third kappa shape index (κ3) is 4.41. The maximum absolute atomic E-state index is 12.6. The van der Waals surface area contributed by atoms with Crippen molar-refractivity contribution in [3.05, 3.63) is 0 Å². The van der Waals surface area contributed by atoms with Crippen LogP contribution in [0.25, 0.3) is 0 Å². The molecule has 6 heteroatoms. The molecule has 0 radical (unpaired) electrons. The molecule has 1 heterocycles. The Kier molecular flexibility index (Phi) is 5.68. The fraction of sp³-hybridized carbons (Fsp3) is 1.00. The molecule has 1 atom stereocenters. The van der Waals surface area contributed by atoms with Gasteiger partial charge < -0.3 is 5.32 Å². The van der Waals surface area contributed by atoms with Crippen molar-refractivity contribution in [2.75, 3.05) is 26.7 Å². The van der Waals surface area contributed by atoms with E-state index in [4.69, 9.17) is 0 Å². The van der Waals surface area contributed by atoms with Gasteiger partial charge in [0, 0.05) is 19.1 Å². The van der Waals surface area contributed by atoms with Crippen LogP contribution in [0, 0.1) is 11.3 Å². The Morgan fingerprint density at radius 3 is 2.38 bits per heavy atom. The predicted octanol–water partition coefficient (Wildman–Crippen LogP) is 1.72. The van der Waals surface area contributed by atoms with Gasteiger partial charge in [-0.05, 0) is 50.6 Å². The molecule has 0 aromatic rings. The number of hydrogen-bond acceptors (Lipinski definition) is 3. The second-order valence-electron chi connectivity index (χ2n) is 7.31. The Morgan fingerprint density at radius 1 is 1.14 bits per heavy atom. The standard InChI is InChI=1S/C15H31N3O2S/c1-15(2)9-5-4-6-14(15)17-21(19,20)18-10-7-13(8-11-18)12-16-3/h13-14,16-17H,4-12H2,1-3H3. The van der Waals surface area contributed by atoms with Crippen molar-refractivity contribution in [2.45, 2.75) is 58.4 Å². The summed E-state index contributed by atoms with van der Waals surface area (Å²) in [6, 6.07) is 0.0753. The van der Waals surface area contributed by atoms with Crippen molar-refractivity contribution in [3.8, 4) is 0 Å². The zero-order chi connectivity index (χ0) is 15.5. The number of rotatable bonds is 5. The minimum atomic E-state index is -3.33. The molecular weight excluding hydrogens is 286 g/mol. The van der Waals surface area contributed by atoms with E-state index in [0.717, 1.165) is 38.6 Å². The Balaban J connectivity index is 1.93. The third-order valence-electron chi connectivity index (χ3n) is 5.20. The number of nitrogens with zero attached hydrogens (tertiary/aromatic N) is 1. The molecule has 2 aliphatic rings. The summed E-state index contributed by atoms with van der Waals surface area (Å²) in [7, 11) is -1.38. The highest BCUT2D eigenvalue weighted by molar-refractivity contribution is 7.87. The first-order valence-electron chi connectivity index (χ1n) is 8.27. The quantitative estimate of drug-likeness (QED) is 0.811. The summed E-state index contributed by atoms with van der Waals surface area (Å²) < 4.78 is 29.8. The van der Waals surface area contributed by atoms with Gasteiger partial charge in [0.05, 0.1) is 0 Å². The molecule has 2 fully saturated rings. The van der Waals surface area contributed by atoms with Gasteiger partial charge in [0.1, 0.15) is 0 Å². The van der Waals surface area contributed by atoms with Gasteiger partial charge in [-0.15, -0.1) is 0 Å². The molecule has 1 aliphatic heterocycles. The fourth-order valence-electron chi connectivity index (χ4n) is 3.61. The van der Waals surface area contributed by atoms with Crippen LogP contribution < -0.4 is 10.0 Å². The van der Waals surface area contributed by atoms with Crippen LogP contribution in [0.4, 0.5) is 0 Å². The molecule has 2 N–H and O–H groups in total. The molecule has 124 valence electrons. The summed E-state index contributed by atoms with van der Waals surface area (Å²) in [6.07, 6.45) is 6.31. The van der Waals surface area contributed by atoms with E-state index in [1.807, 2.05) is 7.05 Å². The first kappa shape index (κ1) is 17.2. The lowest BCUT2D eigenvalue weighted by Gasteiger charge is -2.40. The van der Waals surface area contributed by atoms with Gasteiger partial charge in [-0.2, -0.15) is 17.4 Å². The van der Waals surface area contributed by atoms with Crippen LogP contribution in [0.15, 0.2) is 0 Å². The smallest absolute Gasteiger partial charge is 0.279 e. The predicted molar refractivity (Wildman–Crippen MR) is 86.3 cm³/mol. The Morgan fingerprint density at radius 2 is 1.81 bits per heavy atom. The van der Waals surface area contributed by atoms with Gasteiger partial charge in [-0.25, -0.2) is 0 Å². The number of nitrogens with one attached hydrogen (secondary N) is 2. The first-order chi connectivity index (χ1) is 9.85. The zero-order valence-electron chi connectivity index (χ0n) is 13.7. The number of hydrogen-bond donors (Lipinski definition) is 2. The largest absolute Gasteiger partial charge is 0.319 e. The molecule has 0 bridgehead atoms. The van der Waals surface area contributed by atoms with E-state index in [1.54, 1.807) is 4.31 Å². The average Bonchev–Trinajstić information content (AvgIpc) is 2.42. The molecule has 0 aromatic heterocycles. The summed E-state index contributed by atoms with van der Waals surface area (Å²) in [5, 5.41) is 3.18. The Labute approximate surface area is 130 Å². The highest BCUT2D eigenvalue weighted by atomic mass is 32.2. The van der Waals surface area contributed by atoms with E-state index in [9.17, 15) is 8.42 Å². The van der Waals surface area contributed by atoms with Crippen LogP contribution in [0.2, 0.25) is 0 Å². The van der Waals surface area contributed by atoms with Crippen molar-refractivity contribution in [1.82, 2.24) is 14.3 Å². The van der Waals surface area contributed by atoms with Crippen LogP contribution >= 0.6 is 0 Å². The van der Waals surface area contributed by atoms with Crippen LogP contribution in [0.5, 0.6) is 0 Å². The Hall–Kier alpha value is -0.170. The number of piperidine rings is 1. The normalized spacial score (nSPS) is 28.6. The summed E-state index contributed by atoms with van der Waals surface area (Å²) >= 11 is 0. The van der Waals surface area contributed by atoms with E-state index in [-0.39, 0.29) is 11.5 Å². The SMILES string of the molecule is CNCC1CCN(S(=O)(=O)NC2CCCCC2(C)C)CC1. The first-order valence-corrected chi connectivity index (χ1v) is 9.71. The molecule has 0 amide bonds. The second kappa shape index (κ2) is 6.94. The molecule has 1 saturated carbocycles. The molecule has 1 unspecified atom stereocenters. The molecule has 5 nitrogen and oxygen atoms in total. The topological polar surface area (TPSA) is 61.4 Å². The molecule has 1 saturated heterocycles. The van der Waals surface area contributed by atoms with Crippen molar-refractivity contribution in [2.24, 2.45) is 11.3 Å². The van der Waals surface area contributed by atoms with Gasteiger partial charge in [-0.3, -0.25) is 0 Å². The van der Waals surface area contributed by atoms with Gasteiger partial charge in [0.25, 0.3) is 10.2 Å². The van der Waals surface area contributed by atoms with Crippen LogP contribution in [0.3, 0.4) is 0 Å². The van der Waals surface area contributed by atoms with E-state index in [0.29, 0.717) is 19.0 Å².